The number of halogens is 1. The van der Waals surface area contributed by atoms with E-state index in [-0.39, 0.29) is 24.9 Å². The third-order valence-electron chi connectivity index (χ3n) is 4.05. The maximum Gasteiger partial charge on any atom is 0.407 e. The lowest BCUT2D eigenvalue weighted by Gasteiger charge is -2.15. The van der Waals surface area contributed by atoms with Gasteiger partial charge in [0.05, 0.1) is 0 Å². The highest BCUT2D eigenvalue weighted by atomic mass is 35.5. The summed E-state index contributed by atoms with van der Waals surface area (Å²) in [4.78, 5) is 22.5. The highest BCUT2D eigenvalue weighted by Crippen LogP contribution is 2.44. The summed E-state index contributed by atoms with van der Waals surface area (Å²) in [7, 11) is 0. The van der Waals surface area contributed by atoms with Gasteiger partial charge in [0.2, 0.25) is 0 Å². The summed E-state index contributed by atoms with van der Waals surface area (Å²) in [6.07, 6.45) is -0.721. The largest absolute Gasteiger partial charge is 0.480 e. The van der Waals surface area contributed by atoms with Gasteiger partial charge in [-0.1, -0.05) is 48.5 Å². The highest BCUT2D eigenvalue weighted by Gasteiger charge is 2.29. The third-order valence-corrected chi connectivity index (χ3v) is 4.05. The summed E-state index contributed by atoms with van der Waals surface area (Å²) < 4.78 is 5.25. The monoisotopic (exact) mass is 347 g/mol. The average molecular weight is 348 g/mol. The number of carboxylic acid groups (broad SMARTS) is 1. The molecule has 5 nitrogen and oxygen atoms in total. The van der Waals surface area contributed by atoms with Crippen molar-refractivity contribution < 1.29 is 19.4 Å². The first-order chi connectivity index (χ1) is 11.1. The molecule has 126 valence electrons. The minimum atomic E-state index is -1.10. The molecule has 0 spiro atoms. The number of ether oxygens (including phenoxy) is 1. The molecule has 1 aliphatic rings. The molecule has 1 aliphatic carbocycles. The van der Waals surface area contributed by atoms with Gasteiger partial charge < -0.3 is 15.2 Å². The molecule has 2 aromatic carbocycles. The number of carboxylic acids is 1. The molecule has 3 rings (SSSR count). The quantitative estimate of drug-likeness (QED) is 0.888. The standard InChI is InChI=1S/C18H17NO4.ClH/c1-11(17(20)21)19-18(22)23-10-16-14-8-4-2-6-12(14)13-7-3-5-9-15(13)16;/h2-9,11,16H,10H2,1H3,(H,19,22)(H,20,21);1H/t11-;/m1./s1. The molecule has 0 heterocycles. The van der Waals surface area contributed by atoms with Crippen LogP contribution in [0.15, 0.2) is 48.5 Å². The summed E-state index contributed by atoms with van der Waals surface area (Å²) >= 11 is 0. The molecule has 0 aliphatic heterocycles. The second kappa shape index (κ2) is 7.36. The van der Waals surface area contributed by atoms with E-state index in [0.717, 1.165) is 22.3 Å². The Kier molecular flexibility index (Phi) is 5.46. The molecule has 0 saturated carbocycles. The van der Waals surface area contributed by atoms with Crippen molar-refractivity contribution in [2.75, 3.05) is 6.61 Å². The molecule has 1 amide bonds. The van der Waals surface area contributed by atoms with Crippen molar-refractivity contribution in [1.82, 2.24) is 5.32 Å². The van der Waals surface area contributed by atoms with E-state index in [9.17, 15) is 9.59 Å². The third kappa shape index (κ3) is 3.36. The lowest BCUT2D eigenvalue weighted by Crippen LogP contribution is -2.39. The maximum atomic E-state index is 11.7. The van der Waals surface area contributed by atoms with Gasteiger partial charge in [-0.2, -0.15) is 0 Å². The van der Waals surface area contributed by atoms with Crippen molar-refractivity contribution >= 4 is 24.5 Å². The smallest absolute Gasteiger partial charge is 0.407 e. The number of hydrogen-bond donors (Lipinski definition) is 2. The summed E-state index contributed by atoms with van der Waals surface area (Å²) in [5.41, 5.74) is 4.53. The van der Waals surface area contributed by atoms with Gasteiger partial charge in [-0.05, 0) is 29.2 Å². The highest BCUT2D eigenvalue weighted by molar-refractivity contribution is 5.85. The minimum Gasteiger partial charge on any atom is -0.480 e. The van der Waals surface area contributed by atoms with E-state index in [1.54, 1.807) is 0 Å². The van der Waals surface area contributed by atoms with Gasteiger partial charge in [0.15, 0.2) is 0 Å². The predicted octanol–water partition coefficient (Wildman–Crippen LogP) is 3.42. The predicted molar refractivity (Wildman–Crippen MR) is 92.6 cm³/mol. The summed E-state index contributed by atoms with van der Waals surface area (Å²) in [6.45, 7) is 1.57. The number of fused-ring (bicyclic) bond motifs is 3. The Morgan fingerprint density at radius 2 is 1.58 bits per heavy atom. The molecular formula is C18H18ClNO4. The van der Waals surface area contributed by atoms with Crippen molar-refractivity contribution in [3.63, 3.8) is 0 Å². The molecule has 0 unspecified atom stereocenters. The first-order valence-corrected chi connectivity index (χ1v) is 7.42. The van der Waals surface area contributed by atoms with Gasteiger partial charge in [0, 0.05) is 5.92 Å². The van der Waals surface area contributed by atoms with Crippen LogP contribution >= 0.6 is 12.4 Å². The van der Waals surface area contributed by atoms with Gasteiger partial charge in [0.25, 0.3) is 0 Å². The van der Waals surface area contributed by atoms with E-state index >= 15 is 0 Å². The van der Waals surface area contributed by atoms with Gasteiger partial charge in [-0.15, -0.1) is 12.4 Å². The Morgan fingerprint density at radius 1 is 1.08 bits per heavy atom. The Morgan fingerprint density at radius 3 is 2.08 bits per heavy atom. The number of hydrogen-bond acceptors (Lipinski definition) is 3. The van der Waals surface area contributed by atoms with Crippen LogP contribution in [-0.4, -0.2) is 29.8 Å². The van der Waals surface area contributed by atoms with Crippen molar-refractivity contribution in [3.05, 3.63) is 59.7 Å². The molecule has 6 heteroatoms. The molecule has 0 aromatic heterocycles. The number of amides is 1. The normalized spacial score (nSPS) is 13.2. The van der Waals surface area contributed by atoms with Crippen LogP contribution < -0.4 is 5.32 Å². The Balaban J connectivity index is 0.00000208. The number of rotatable bonds is 4. The minimum absolute atomic E-state index is 0. The Labute approximate surface area is 146 Å². The summed E-state index contributed by atoms with van der Waals surface area (Å²) in [5, 5.41) is 11.1. The van der Waals surface area contributed by atoms with E-state index in [0.29, 0.717) is 0 Å². The summed E-state index contributed by atoms with van der Waals surface area (Å²) in [6, 6.07) is 15.1. The van der Waals surface area contributed by atoms with Crippen molar-refractivity contribution in [1.29, 1.82) is 0 Å². The molecule has 0 bridgehead atoms. The van der Waals surface area contributed by atoms with Crippen molar-refractivity contribution in [2.24, 2.45) is 0 Å². The second-order valence-corrected chi connectivity index (χ2v) is 5.53. The van der Waals surface area contributed by atoms with E-state index < -0.39 is 18.1 Å². The van der Waals surface area contributed by atoms with Gasteiger partial charge >= 0.3 is 12.1 Å². The number of carbonyl (C=O) groups is 2. The molecule has 0 radical (unpaired) electrons. The van der Waals surface area contributed by atoms with Crippen LogP contribution in [0.5, 0.6) is 0 Å². The number of carbonyl (C=O) groups excluding carboxylic acids is 1. The average Bonchev–Trinajstić information content (AvgIpc) is 2.87. The van der Waals surface area contributed by atoms with Crippen LogP contribution in [-0.2, 0) is 9.53 Å². The van der Waals surface area contributed by atoms with E-state index in [1.165, 1.54) is 6.92 Å². The van der Waals surface area contributed by atoms with E-state index in [2.05, 4.69) is 17.4 Å². The fraction of sp³-hybridized carbons (Fsp3) is 0.222. The lowest BCUT2D eigenvalue weighted by atomic mass is 9.98. The topological polar surface area (TPSA) is 75.6 Å². The molecule has 1 atom stereocenters. The van der Waals surface area contributed by atoms with Crippen molar-refractivity contribution in [2.45, 2.75) is 18.9 Å². The van der Waals surface area contributed by atoms with Crippen LogP contribution in [0.1, 0.15) is 24.0 Å². The first-order valence-electron chi connectivity index (χ1n) is 7.42. The molecule has 2 N–H and O–H groups in total. The van der Waals surface area contributed by atoms with Crippen LogP contribution in [0.25, 0.3) is 11.1 Å². The fourth-order valence-corrected chi connectivity index (χ4v) is 2.88. The number of benzene rings is 2. The zero-order valence-corrected chi connectivity index (χ0v) is 13.9. The first kappa shape index (κ1) is 17.8. The second-order valence-electron chi connectivity index (χ2n) is 5.53. The molecule has 0 saturated heterocycles. The fourth-order valence-electron chi connectivity index (χ4n) is 2.88. The number of nitrogens with one attached hydrogen (secondary N) is 1. The number of alkyl carbamates (subject to hydrolysis) is 1. The van der Waals surface area contributed by atoms with Gasteiger partial charge in [-0.3, -0.25) is 4.79 Å². The van der Waals surface area contributed by atoms with Crippen LogP contribution in [0.2, 0.25) is 0 Å². The Bertz CT molecular complexity index is 717. The zero-order valence-electron chi connectivity index (χ0n) is 13.1. The lowest BCUT2D eigenvalue weighted by molar-refractivity contribution is -0.138. The van der Waals surface area contributed by atoms with E-state index in [1.807, 2.05) is 36.4 Å². The molecule has 24 heavy (non-hydrogen) atoms. The number of aliphatic carboxylic acids is 1. The Hall–Kier alpha value is -2.53. The van der Waals surface area contributed by atoms with Crippen LogP contribution in [0.4, 0.5) is 4.79 Å². The van der Waals surface area contributed by atoms with Crippen LogP contribution in [0.3, 0.4) is 0 Å². The summed E-state index contributed by atoms with van der Waals surface area (Å²) in [5.74, 6) is -1.13. The molecule has 0 fully saturated rings. The van der Waals surface area contributed by atoms with Gasteiger partial charge in [-0.25, -0.2) is 4.79 Å². The van der Waals surface area contributed by atoms with Crippen LogP contribution in [0, 0.1) is 0 Å². The van der Waals surface area contributed by atoms with Crippen molar-refractivity contribution in [3.8, 4) is 11.1 Å². The molecule has 2 aromatic rings. The maximum absolute atomic E-state index is 11.7. The zero-order chi connectivity index (χ0) is 16.4. The molecular weight excluding hydrogens is 330 g/mol. The SMILES string of the molecule is C[C@@H](NC(=O)OCC1c2ccccc2-c2ccccc21)C(=O)O.Cl. The van der Waals surface area contributed by atoms with E-state index in [4.69, 9.17) is 9.84 Å². The van der Waals surface area contributed by atoms with Gasteiger partial charge in [0.1, 0.15) is 12.6 Å².